The quantitative estimate of drug-likeness (QED) is 0.776. The summed E-state index contributed by atoms with van der Waals surface area (Å²) < 4.78 is 47.3. The number of amides is 2. The highest BCUT2D eigenvalue weighted by molar-refractivity contribution is 5.96. The van der Waals surface area contributed by atoms with Gasteiger partial charge >= 0.3 is 12.3 Å². The second-order valence-corrected chi connectivity index (χ2v) is 5.96. The Kier molecular flexibility index (Phi) is 6.12. The highest BCUT2D eigenvalue weighted by Crippen LogP contribution is 2.26. The second kappa shape index (κ2) is 8.11. The zero-order valence-corrected chi connectivity index (χ0v) is 14.0. The fourth-order valence-corrected chi connectivity index (χ4v) is 2.46. The number of hydrogen-bond acceptors (Lipinski definition) is 4. The largest absolute Gasteiger partial charge is 0.451 e. The number of halogens is 3. The van der Waals surface area contributed by atoms with E-state index in [4.69, 9.17) is 14.9 Å². The number of para-hydroxylation sites is 1. The van der Waals surface area contributed by atoms with Crippen LogP contribution in [0.1, 0.15) is 30.3 Å². The van der Waals surface area contributed by atoms with Crippen molar-refractivity contribution >= 4 is 23.0 Å². The van der Waals surface area contributed by atoms with Crippen LogP contribution in [0.3, 0.4) is 0 Å². The van der Waals surface area contributed by atoms with Crippen LogP contribution in [0.4, 0.5) is 18.0 Å². The summed E-state index contributed by atoms with van der Waals surface area (Å²) in [4.78, 5) is 23.2. The number of ether oxygens (including phenoxy) is 1. The van der Waals surface area contributed by atoms with Crippen molar-refractivity contribution in [3.63, 3.8) is 0 Å². The molecule has 26 heavy (non-hydrogen) atoms. The van der Waals surface area contributed by atoms with Crippen LogP contribution >= 0.6 is 0 Å². The van der Waals surface area contributed by atoms with E-state index in [1.807, 2.05) is 0 Å². The number of hydrogen-bond donors (Lipinski definition) is 2. The van der Waals surface area contributed by atoms with Gasteiger partial charge in [-0.25, -0.2) is 4.79 Å². The predicted octanol–water partition coefficient (Wildman–Crippen LogP) is 3.61. The number of rotatable bonds is 7. The lowest BCUT2D eigenvalue weighted by atomic mass is 9.98. The lowest BCUT2D eigenvalue weighted by molar-refractivity contribution is -0.138. The molecule has 2 atom stereocenters. The van der Waals surface area contributed by atoms with Crippen molar-refractivity contribution in [1.29, 1.82) is 0 Å². The number of primary amides is 1. The fraction of sp³-hybridized carbons (Fsp3) is 0.412. The van der Waals surface area contributed by atoms with Gasteiger partial charge < -0.3 is 20.2 Å². The molecule has 0 saturated heterocycles. The van der Waals surface area contributed by atoms with Gasteiger partial charge in [-0.1, -0.05) is 25.1 Å². The Morgan fingerprint density at radius 1 is 1.31 bits per heavy atom. The number of fused-ring (bicyclic) bond motifs is 1. The van der Waals surface area contributed by atoms with E-state index in [-0.39, 0.29) is 18.7 Å². The van der Waals surface area contributed by atoms with Crippen molar-refractivity contribution in [3.05, 3.63) is 36.1 Å². The molecule has 1 heterocycles. The monoisotopic (exact) mass is 372 g/mol. The van der Waals surface area contributed by atoms with Crippen LogP contribution in [0.25, 0.3) is 11.0 Å². The maximum Gasteiger partial charge on any atom is 0.404 e. The Morgan fingerprint density at radius 2 is 2.00 bits per heavy atom. The second-order valence-electron chi connectivity index (χ2n) is 5.96. The van der Waals surface area contributed by atoms with Crippen LogP contribution in [-0.4, -0.2) is 30.8 Å². The minimum Gasteiger partial charge on any atom is -0.451 e. The molecule has 1 unspecified atom stereocenters. The lowest BCUT2D eigenvalue weighted by Crippen LogP contribution is -2.40. The summed E-state index contributed by atoms with van der Waals surface area (Å²) in [6, 6.07) is 8.56. The molecule has 2 amide bonds. The van der Waals surface area contributed by atoms with Gasteiger partial charge in [-0.3, -0.25) is 4.79 Å². The molecule has 1 aromatic carbocycles. The Bertz CT molecular complexity index is 740. The molecule has 0 fully saturated rings. The van der Waals surface area contributed by atoms with Crippen molar-refractivity contribution < 1.29 is 31.9 Å². The third-order valence-corrected chi connectivity index (χ3v) is 3.90. The number of benzene rings is 1. The third kappa shape index (κ3) is 5.68. The fourth-order valence-electron chi connectivity index (χ4n) is 2.46. The van der Waals surface area contributed by atoms with Crippen LogP contribution in [-0.2, 0) is 4.74 Å². The van der Waals surface area contributed by atoms with E-state index < -0.39 is 36.6 Å². The number of furan rings is 1. The molecule has 3 N–H and O–H groups in total. The summed E-state index contributed by atoms with van der Waals surface area (Å²) in [5, 5.41) is 3.23. The Balaban J connectivity index is 1.98. The first-order valence-electron chi connectivity index (χ1n) is 7.95. The number of carbonyl (C=O) groups excluding carboxylic acids is 2. The van der Waals surface area contributed by atoms with Gasteiger partial charge in [-0.15, -0.1) is 0 Å². The smallest absolute Gasteiger partial charge is 0.404 e. The van der Waals surface area contributed by atoms with Gasteiger partial charge in [0.15, 0.2) is 5.76 Å². The van der Waals surface area contributed by atoms with Gasteiger partial charge in [0.05, 0.1) is 6.54 Å². The lowest BCUT2D eigenvalue weighted by Gasteiger charge is -2.24. The predicted molar refractivity (Wildman–Crippen MR) is 87.5 cm³/mol. The number of alkyl halides is 3. The van der Waals surface area contributed by atoms with E-state index in [1.54, 1.807) is 30.3 Å². The van der Waals surface area contributed by atoms with E-state index >= 15 is 0 Å². The van der Waals surface area contributed by atoms with Crippen molar-refractivity contribution in [3.8, 4) is 0 Å². The minimum absolute atomic E-state index is 0.0481. The topological polar surface area (TPSA) is 94.6 Å². The van der Waals surface area contributed by atoms with E-state index in [9.17, 15) is 22.8 Å². The molecule has 0 radical (unpaired) electrons. The van der Waals surface area contributed by atoms with Crippen molar-refractivity contribution in [1.82, 2.24) is 5.32 Å². The van der Waals surface area contributed by atoms with Gasteiger partial charge in [-0.2, -0.15) is 13.2 Å². The Hall–Kier alpha value is -2.71. The first-order valence-corrected chi connectivity index (χ1v) is 7.95. The standard InChI is InChI=1S/C17H19F3N2O4/c1-10(6-7-17(18,19)20)14(26-16(21)24)9-22-15(23)13-8-11-4-2-3-5-12(11)25-13/h2-5,8,10,14H,6-7,9H2,1H3,(H2,21,24)(H,22,23)/t10?,14-/m1/s1. The maximum absolute atomic E-state index is 12.4. The number of carbonyl (C=O) groups is 2. The Morgan fingerprint density at radius 3 is 2.62 bits per heavy atom. The molecule has 142 valence electrons. The first kappa shape index (κ1) is 19.6. The molecule has 2 aromatic rings. The summed E-state index contributed by atoms with van der Waals surface area (Å²) in [7, 11) is 0. The van der Waals surface area contributed by atoms with Crippen molar-refractivity contribution in [2.24, 2.45) is 11.7 Å². The molecule has 0 spiro atoms. The number of nitrogens with two attached hydrogens (primary N) is 1. The van der Waals surface area contributed by atoms with Crippen LogP contribution < -0.4 is 11.1 Å². The molecule has 0 bridgehead atoms. The van der Waals surface area contributed by atoms with Gasteiger partial charge in [0, 0.05) is 11.8 Å². The van der Waals surface area contributed by atoms with Crippen LogP contribution in [0, 0.1) is 5.92 Å². The van der Waals surface area contributed by atoms with Gasteiger partial charge in [-0.05, 0) is 24.5 Å². The minimum atomic E-state index is -4.32. The van der Waals surface area contributed by atoms with Crippen LogP contribution in [0.2, 0.25) is 0 Å². The van der Waals surface area contributed by atoms with Gasteiger partial charge in [0.25, 0.3) is 5.91 Å². The molecular weight excluding hydrogens is 353 g/mol. The van der Waals surface area contributed by atoms with E-state index in [0.29, 0.717) is 5.58 Å². The summed E-state index contributed by atoms with van der Waals surface area (Å²) >= 11 is 0. The molecule has 9 heteroatoms. The van der Waals surface area contributed by atoms with Gasteiger partial charge in [0.2, 0.25) is 0 Å². The van der Waals surface area contributed by atoms with Crippen LogP contribution in [0.5, 0.6) is 0 Å². The molecule has 1 aromatic heterocycles. The van der Waals surface area contributed by atoms with E-state index in [2.05, 4.69) is 5.32 Å². The first-order chi connectivity index (χ1) is 12.2. The van der Waals surface area contributed by atoms with Gasteiger partial charge in [0.1, 0.15) is 11.7 Å². The van der Waals surface area contributed by atoms with Crippen molar-refractivity contribution in [2.75, 3.05) is 6.54 Å². The maximum atomic E-state index is 12.4. The normalized spacial score (nSPS) is 14.0. The molecule has 0 saturated carbocycles. The molecule has 0 aliphatic carbocycles. The molecule has 6 nitrogen and oxygen atoms in total. The zero-order chi connectivity index (χ0) is 19.3. The molecule has 0 aliphatic heterocycles. The highest BCUT2D eigenvalue weighted by Gasteiger charge is 2.30. The highest BCUT2D eigenvalue weighted by atomic mass is 19.4. The average molecular weight is 372 g/mol. The summed E-state index contributed by atoms with van der Waals surface area (Å²) in [6.07, 6.45) is -7.70. The van der Waals surface area contributed by atoms with E-state index in [1.165, 1.54) is 6.92 Å². The van der Waals surface area contributed by atoms with Crippen molar-refractivity contribution in [2.45, 2.75) is 32.0 Å². The molecular formula is C17H19F3N2O4. The Labute approximate surface area is 147 Å². The zero-order valence-electron chi connectivity index (χ0n) is 14.0. The molecule has 0 aliphatic rings. The number of nitrogens with one attached hydrogen (secondary N) is 1. The summed E-state index contributed by atoms with van der Waals surface area (Å²) in [5.74, 6) is -1.17. The van der Waals surface area contributed by atoms with Crippen LogP contribution in [0.15, 0.2) is 34.7 Å². The average Bonchev–Trinajstić information content (AvgIpc) is 2.99. The van der Waals surface area contributed by atoms with E-state index in [0.717, 1.165) is 5.39 Å². The molecule has 2 rings (SSSR count). The summed E-state index contributed by atoms with van der Waals surface area (Å²) in [6.45, 7) is 1.31. The summed E-state index contributed by atoms with van der Waals surface area (Å²) in [5.41, 5.74) is 5.50. The third-order valence-electron chi connectivity index (χ3n) is 3.90. The SMILES string of the molecule is CC(CCC(F)(F)F)[C@@H](CNC(=O)c1cc2ccccc2o1)OC(N)=O.